The van der Waals surface area contributed by atoms with Crippen molar-refractivity contribution in [3.05, 3.63) is 35.0 Å². The Kier molecular flexibility index (Phi) is 4.14. The van der Waals surface area contributed by atoms with E-state index in [9.17, 15) is 4.79 Å². The van der Waals surface area contributed by atoms with Crippen LogP contribution >= 0.6 is 11.6 Å². The SMILES string of the molecule is C=C/C=C1\C(=O)C(Cl)=C(N(C)C)C1(OC)OC. The lowest BCUT2D eigenvalue weighted by molar-refractivity contribution is -0.159. The maximum atomic E-state index is 12.1. The molecule has 0 bridgehead atoms. The van der Waals surface area contributed by atoms with Gasteiger partial charge in [0.05, 0.1) is 5.57 Å². The number of carbonyl (C=O) groups is 1. The molecule has 0 radical (unpaired) electrons. The van der Waals surface area contributed by atoms with Crippen LogP contribution in [0.15, 0.2) is 35.0 Å². The van der Waals surface area contributed by atoms with E-state index in [1.807, 2.05) is 0 Å². The fourth-order valence-electron chi connectivity index (χ4n) is 1.94. The Morgan fingerprint density at radius 2 is 1.88 bits per heavy atom. The van der Waals surface area contributed by atoms with Crippen molar-refractivity contribution >= 4 is 17.4 Å². The van der Waals surface area contributed by atoms with Gasteiger partial charge in [0.15, 0.2) is 0 Å². The summed E-state index contributed by atoms with van der Waals surface area (Å²) >= 11 is 6.05. The Balaban J connectivity index is 3.51. The molecule has 1 aliphatic rings. The van der Waals surface area contributed by atoms with Gasteiger partial charge in [-0.25, -0.2) is 0 Å². The van der Waals surface area contributed by atoms with Gasteiger partial charge in [0, 0.05) is 28.3 Å². The summed E-state index contributed by atoms with van der Waals surface area (Å²) < 4.78 is 10.8. The normalized spacial score (nSPS) is 21.2. The van der Waals surface area contributed by atoms with E-state index in [2.05, 4.69) is 6.58 Å². The second-order valence-corrected chi connectivity index (χ2v) is 4.10. The van der Waals surface area contributed by atoms with E-state index in [0.29, 0.717) is 11.3 Å². The van der Waals surface area contributed by atoms with Crippen molar-refractivity contribution in [1.82, 2.24) is 4.90 Å². The van der Waals surface area contributed by atoms with Gasteiger partial charge >= 0.3 is 0 Å². The van der Waals surface area contributed by atoms with Gasteiger partial charge < -0.3 is 14.4 Å². The Labute approximate surface area is 106 Å². The van der Waals surface area contributed by atoms with Gasteiger partial charge in [0.1, 0.15) is 10.7 Å². The molecule has 0 aromatic heterocycles. The van der Waals surface area contributed by atoms with Crippen LogP contribution in [0.2, 0.25) is 0 Å². The number of hydrogen-bond donors (Lipinski definition) is 0. The largest absolute Gasteiger partial charge is 0.375 e. The predicted octanol–water partition coefficient (Wildman–Crippen LogP) is 1.68. The van der Waals surface area contributed by atoms with Crippen LogP contribution in [0.25, 0.3) is 0 Å². The topological polar surface area (TPSA) is 38.8 Å². The molecule has 0 saturated heterocycles. The third-order valence-corrected chi connectivity index (χ3v) is 2.98. The molecule has 0 atom stereocenters. The van der Waals surface area contributed by atoms with Crippen LogP contribution in [0.3, 0.4) is 0 Å². The van der Waals surface area contributed by atoms with Gasteiger partial charge in [-0.3, -0.25) is 4.79 Å². The van der Waals surface area contributed by atoms with Crippen LogP contribution < -0.4 is 0 Å². The third kappa shape index (κ3) is 1.92. The number of halogens is 1. The molecule has 0 saturated carbocycles. The van der Waals surface area contributed by atoms with Gasteiger partial charge in [-0.1, -0.05) is 24.3 Å². The molecule has 0 aromatic rings. The highest BCUT2D eigenvalue weighted by atomic mass is 35.5. The zero-order chi connectivity index (χ0) is 13.2. The van der Waals surface area contributed by atoms with E-state index in [1.165, 1.54) is 20.3 Å². The summed E-state index contributed by atoms with van der Waals surface area (Å²) in [5.41, 5.74) is 0.813. The Hall–Kier alpha value is -1.10. The molecule has 0 fully saturated rings. The molecule has 1 aliphatic carbocycles. The zero-order valence-electron chi connectivity index (χ0n) is 10.4. The van der Waals surface area contributed by atoms with Crippen LogP contribution in [0.4, 0.5) is 0 Å². The number of rotatable bonds is 4. The molecule has 0 heterocycles. The molecular formula is C12H16ClNO3. The van der Waals surface area contributed by atoms with Crippen LogP contribution in [-0.2, 0) is 14.3 Å². The quantitative estimate of drug-likeness (QED) is 0.567. The molecule has 0 spiro atoms. The van der Waals surface area contributed by atoms with Crippen molar-refractivity contribution in [2.45, 2.75) is 5.79 Å². The van der Waals surface area contributed by atoms with Crippen molar-refractivity contribution in [2.24, 2.45) is 0 Å². The van der Waals surface area contributed by atoms with E-state index in [4.69, 9.17) is 21.1 Å². The van der Waals surface area contributed by atoms with Crippen molar-refractivity contribution in [2.75, 3.05) is 28.3 Å². The van der Waals surface area contributed by atoms with Crippen molar-refractivity contribution in [3.8, 4) is 0 Å². The van der Waals surface area contributed by atoms with Crippen molar-refractivity contribution in [3.63, 3.8) is 0 Å². The monoisotopic (exact) mass is 257 g/mol. The van der Waals surface area contributed by atoms with Gasteiger partial charge in [-0.05, 0) is 6.08 Å². The van der Waals surface area contributed by atoms with Gasteiger partial charge in [0.2, 0.25) is 11.6 Å². The first-order valence-electron chi connectivity index (χ1n) is 5.02. The average molecular weight is 258 g/mol. The first kappa shape index (κ1) is 14.0. The van der Waals surface area contributed by atoms with Crippen molar-refractivity contribution in [1.29, 1.82) is 0 Å². The molecular weight excluding hydrogens is 242 g/mol. The molecule has 17 heavy (non-hydrogen) atoms. The summed E-state index contributed by atoms with van der Waals surface area (Å²) in [4.78, 5) is 13.8. The number of carbonyl (C=O) groups excluding carboxylic acids is 1. The van der Waals surface area contributed by atoms with Gasteiger partial charge in [-0.15, -0.1) is 0 Å². The summed E-state index contributed by atoms with van der Waals surface area (Å²) in [5.74, 6) is -1.56. The smallest absolute Gasteiger partial charge is 0.242 e. The molecule has 5 heteroatoms. The number of Topliss-reactive ketones (excluding diaryl/α,β-unsaturated/α-hetero) is 1. The van der Waals surface area contributed by atoms with Crippen molar-refractivity contribution < 1.29 is 14.3 Å². The molecule has 94 valence electrons. The summed E-state index contributed by atoms with van der Waals surface area (Å²) in [6.45, 7) is 3.57. The van der Waals surface area contributed by atoms with Crippen LogP contribution in [0, 0.1) is 0 Å². The van der Waals surface area contributed by atoms with Crippen LogP contribution in [0.1, 0.15) is 0 Å². The zero-order valence-corrected chi connectivity index (χ0v) is 11.2. The summed E-state index contributed by atoms with van der Waals surface area (Å²) in [5, 5.41) is 0.104. The lowest BCUT2D eigenvalue weighted by atomic mass is 10.1. The fraction of sp³-hybridized carbons (Fsp3) is 0.417. The Bertz CT molecular complexity index is 406. The highest BCUT2D eigenvalue weighted by molar-refractivity contribution is 6.47. The number of nitrogens with zero attached hydrogens (tertiary/aromatic N) is 1. The molecule has 0 amide bonds. The third-order valence-electron chi connectivity index (χ3n) is 2.62. The maximum absolute atomic E-state index is 12.1. The minimum Gasteiger partial charge on any atom is -0.375 e. The Morgan fingerprint density at radius 1 is 1.35 bits per heavy atom. The number of allylic oxidation sites excluding steroid dienone is 3. The van der Waals surface area contributed by atoms with Gasteiger partial charge in [0.25, 0.3) is 0 Å². The minimum atomic E-state index is -1.26. The number of likely N-dealkylation sites (N-methyl/N-ethyl adjacent to an activating group) is 1. The highest BCUT2D eigenvalue weighted by Gasteiger charge is 2.52. The van der Waals surface area contributed by atoms with Gasteiger partial charge in [-0.2, -0.15) is 0 Å². The minimum absolute atomic E-state index is 0.104. The summed E-state index contributed by atoms with van der Waals surface area (Å²) in [6, 6.07) is 0. The average Bonchev–Trinajstić information content (AvgIpc) is 2.51. The first-order chi connectivity index (χ1) is 7.96. The van der Waals surface area contributed by atoms with E-state index < -0.39 is 5.79 Å². The second-order valence-electron chi connectivity index (χ2n) is 3.73. The number of hydrogen-bond acceptors (Lipinski definition) is 4. The number of ether oxygens (including phenoxy) is 2. The molecule has 0 N–H and O–H groups in total. The standard InChI is InChI=1S/C12H16ClNO3/c1-6-7-8-10(15)9(13)11(14(2)3)12(8,16-4)17-5/h6-7H,1H2,2-5H3/b8-7+. The molecule has 1 rings (SSSR count). The number of methoxy groups -OCH3 is 2. The molecule has 0 aliphatic heterocycles. The maximum Gasteiger partial charge on any atom is 0.242 e. The van der Waals surface area contributed by atoms with E-state index >= 15 is 0 Å². The second kappa shape index (κ2) is 5.04. The van der Waals surface area contributed by atoms with Crippen LogP contribution in [0.5, 0.6) is 0 Å². The lowest BCUT2D eigenvalue weighted by Gasteiger charge is -2.33. The van der Waals surface area contributed by atoms with E-state index in [0.717, 1.165) is 0 Å². The highest BCUT2D eigenvalue weighted by Crippen LogP contribution is 2.43. The molecule has 0 unspecified atom stereocenters. The molecule has 4 nitrogen and oxygen atoms in total. The number of ketones is 1. The predicted molar refractivity (Wildman–Crippen MR) is 66.6 cm³/mol. The van der Waals surface area contributed by atoms with E-state index in [1.54, 1.807) is 25.1 Å². The van der Waals surface area contributed by atoms with Crippen LogP contribution in [-0.4, -0.2) is 44.8 Å². The summed E-state index contributed by atoms with van der Waals surface area (Å²) in [6.07, 6.45) is 3.05. The lowest BCUT2D eigenvalue weighted by Crippen LogP contribution is -2.41. The first-order valence-corrected chi connectivity index (χ1v) is 5.39. The fourth-order valence-corrected chi connectivity index (χ4v) is 2.33. The summed E-state index contributed by atoms with van der Waals surface area (Å²) in [7, 11) is 6.47. The van der Waals surface area contributed by atoms with E-state index in [-0.39, 0.29) is 10.8 Å². The molecule has 0 aromatic carbocycles. The Morgan fingerprint density at radius 3 is 2.24 bits per heavy atom.